The second-order valence-electron chi connectivity index (χ2n) is 5.37. The van der Waals surface area contributed by atoms with Gasteiger partial charge in [0.25, 0.3) is 0 Å². The smallest absolute Gasteiger partial charge is 0.246 e. The molecule has 0 spiro atoms. The van der Waals surface area contributed by atoms with Gasteiger partial charge >= 0.3 is 0 Å². The van der Waals surface area contributed by atoms with E-state index in [0.717, 1.165) is 34.5 Å². The van der Waals surface area contributed by atoms with Crippen molar-refractivity contribution < 1.29 is 9.59 Å². The molecule has 1 saturated heterocycles. The molecular formula is C16H21BrN2O2S. The van der Waals surface area contributed by atoms with Crippen LogP contribution in [0.4, 0.5) is 0 Å². The third kappa shape index (κ3) is 4.95. The Morgan fingerprint density at radius 3 is 2.73 bits per heavy atom. The number of likely N-dealkylation sites (tertiary alicyclic amines) is 1. The molecule has 0 saturated carbocycles. The number of piperidine rings is 1. The topological polar surface area (TPSA) is 49.4 Å². The minimum absolute atomic E-state index is 0.0249. The number of nitrogens with one attached hydrogen (secondary N) is 1. The molecule has 1 aliphatic heterocycles. The van der Waals surface area contributed by atoms with Crippen LogP contribution < -0.4 is 5.32 Å². The zero-order valence-corrected chi connectivity index (χ0v) is 15.1. The van der Waals surface area contributed by atoms with Crippen LogP contribution in [0.15, 0.2) is 22.0 Å². The molecule has 2 amide bonds. The SMILES string of the molecule is CCCNC(=O)C1CCN(C(=O)/C=C/c2ccc(Br)s2)CC1. The van der Waals surface area contributed by atoms with Crippen molar-refractivity contribution in [3.63, 3.8) is 0 Å². The first-order chi connectivity index (χ1) is 10.6. The maximum absolute atomic E-state index is 12.2. The van der Waals surface area contributed by atoms with Gasteiger partial charge in [-0.05, 0) is 53.4 Å². The molecule has 4 nitrogen and oxygen atoms in total. The third-order valence-electron chi connectivity index (χ3n) is 3.71. The molecule has 0 aliphatic carbocycles. The molecule has 1 aliphatic rings. The Morgan fingerprint density at radius 1 is 1.41 bits per heavy atom. The van der Waals surface area contributed by atoms with Gasteiger partial charge < -0.3 is 10.2 Å². The zero-order valence-electron chi connectivity index (χ0n) is 12.7. The monoisotopic (exact) mass is 384 g/mol. The molecule has 1 aromatic heterocycles. The van der Waals surface area contributed by atoms with Crippen molar-refractivity contribution in [1.29, 1.82) is 0 Å². The Morgan fingerprint density at radius 2 is 2.14 bits per heavy atom. The molecule has 2 heterocycles. The van der Waals surface area contributed by atoms with Gasteiger partial charge in [0, 0.05) is 36.5 Å². The molecular weight excluding hydrogens is 364 g/mol. The highest BCUT2D eigenvalue weighted by atomic mass is 79.9. The van der Waals surface area contributed by atoms with Gasteiger partial charge in [-0.25, -0.2) is 0 Å². The number of carbonyl (C=O) groups is 2. The van der Waals surface area contributed by atoms with Crippen LogP contribution in [0.25, 0.3) is 6.08 Å². The number of rotatable bonds is 5. The number of amides is 2. The molecule has 1 N–H and O–H groups in total. The number of nitrogens with zero attached hydrogens (tertiary/aromatic N) is 1. The van der Waals surface area contributed by atoms with Crippen molar-refractivity contribution >= 4 is 45.2 Å². The lowest BCUT2D eigenvalue weighted by atomic mass is 9.96. The highest BCUT2D eigenvalue weighted by Gasteiger charge is 2.26. The van der Waals surface area contributed by atoms with E-state index in [1.165, 1.54) is 0 Å². The predicted octanol–water partition coefficient (Wildman–Crippen LogP) is 3.29. The summed E-state index contributed by atoms with van der Waals surface area (Å²) in [5.41, 5.74) is 0. The van der Waals surface area contributed by atoms with Gasteiger partial charge in [0.2, 0.25) is 11.8 Å². The lowest BCUT2D eigenvalue weighted by Crippen LogP contribution is -2.42. The summed E-state index contributed by atoms with van der Waals surface area (Å²) in [5.74, 6) is 0.206. The molecule has 0 radical (unpaired) electrons. The van der Waals surface area contributed by atoms with Gasteiger partial charge in [-0.15, -0.1) is 11.3 Å². The van der Waals surface area contributed by atoms with Crippen LogP contribution in [-0.2, 0) is 9.59 Å². The van der Waals surface area contributed by atoms with Crippen molar-refractivity contribution in [2.75, 3.05) is 19.6 Å². The van der Waals surface area contributed by atoms with Crippen molar-refractivity contribution in [2.45, 2.75) is 26.2 Å². The number of halogens is 1. The minimum Gasteiger partial charge on any atom is -0.356 e. The van der Waals surface area contributed by atoms with E-state index in [1.807, 2.05) is 30.0 Å². The lowest BCUT2D eigenvalue weighted by molar-refractivity contribution is -0.132. The van der Waals surface area contributed by atoms with Crippen molar-refractivity contribution in [1.82, 2.24) is 10.2 Å². The quantitative estimate of drug-likeness (QED) is 0.791. The van der Waals surface area contributed by atoms with Crippen molar-refractivity contribution in [3.8, 4) is 0 Å². The van der Waals surface area contributed by atoms with Crippen molar-refractivity contribution in [3.05, 3.63) is 26.9 Å². The Balaban J connectivity index is 1.79. The van der Waals surface area contributed by atoms with E-state index in [4.69, 9.17) is 0 Å². The number of carbonyl (C=O) groups excluding carboxylic acids is 2. The van der Waals surface area contributed by atoms with E-state index >= 15 is 0 Å². The standard InChI is InChI=1S/C16H21BrN2O2S/c1-2-9-18-16(21)12-7-10-19(11-8-12)15(20)6-4-13-3-5-14(17)22-13/h3-6,12H,2,7-11H2,1H3,(H,18,21)/b6-4+. The van der Waals surface area contributed by atoms with Gasteiger partial charge in [0.15, 0.2) is 0 Å². The Hall–Kier alpha value is -1.14. The molecule has 1 aromatic rings. The summed E-state index contributed by atoms with van der Waals surface area (Å²) in [4.78, 5) is 26.9. The van der Waals surface area contributed by atoms with Crippen LogP contribution in [0, 0.1) is 5.92 Å². The zero-order chi connectivity index (χ0) is 15.9. The van der Waals surface area contributed by atoms with Crippen LogP contribution in [0.3, 0.4) is 0 Å². The molecule has 22 heavy (non-hydrogen) atoms. The first-order valence-corrected chi connectivity index (χ1v) is 9.21. The number of hydrogen-bond donors (Lipinski definition) is 1. The molecule has 0 atom stereocenters. The summed E-state index contributed by atoms with van der Waals surface area (Å²) in [6.07, 6.45) is 5.92. The normalized spacial score (nSPS) is 16.2. The van der Waals surface area contributed by atoms with E-state index in [1.54, 1.807) is 17.4 Å². The summed E-state index contributed by atoms with van der Waals surface area (Å²) in [5, 5.41) is 2.94. The highest BCUT2D eigenvalue weighted by molar-refractivity contribution is 9.11. The van der Waals surface area contributed by atoms with E-state index in [-0.39, 0.29) is 17.7 Å². The summed E-state index contributed by atoms with van der Waals surface area (Å²) in [6, 6.07) is 3.94. The van der Waals surface area contributed by atoms with Crippen LogP contribution in [0.2, 0.25) is 0 Å². The Bertz CT molecular complexity index is 548. The van der Waals surface area contributed by atoms with E-state index in [2.05, 4.69) is 21.2 Å². The number of thiophene rings is 1. The fourth-order valence-electron chi connectivity index (χ4n) is 2.43. The molecule has 0 bridgehead atoms. The second kappa shape index (κ2) is 8.48. The van der Waals surface area contributed by atoms with E-state index in [0.29, 0.717) is 13.1 Å². The highest BCUT2D eigenvalue weighted by Crippen LogP contribution is 2.23. The summed E-state index contributed by atoms with van der Waals surface area (Å²) >= 11 is 5.00. The van der Waals surface area contributed by atoms with Crippen LogP contribution in [0.5, 0.6) is 0 Å². The number of hydrogen-bond acceptors (Lipinski definition) is 3. The molecule has 6 heteroatoms. The largest absolute Gasteiger partial charge is 0.356 e. The van der Waals surface area contributed by atoms with Gasteiger partial charge in [0.05, 0.1) is 3.79 Å². The van der Waals surface area contributed by atoms with E-state index in [9.17, 15) is 9.59 Å². The predicted molar refractivity (Wildman–Crippen MR) is 93.7 cm³/mol. The summed E-state index contributed by atoms with van der Waals surface area (Å²) in [6.45, 7) is 4.08. The van der Waals surface area contributed by atoms with Gasteiger partial charge in [-0.1, -0.05) is 6.92 Å². The maximum atomic E-state index is 12.2. The van der Waals surface area contributed by atoms with Crippen LogP contribution in [-0.4, -0.2) is 36.3 Å². The lowest BCUT2D eigenvalue weighted by Gasteiger charge is -2.30. The van der Waals surface area contributed by atoms with Gasteiger partial charge in [-0.2, -0.15) is 0 Å². The second-order valence-corrected chi connectivity index (χ2v) is 7.86. The maximum Gasteiger partial charge on any atom is 0.246 e. The first-order valence-electron chi connectivity index (χ1n) is 7.60. The third-order valence-corrected chi connectivity index (χ3v) is 5.30. The average Bonchev–Trinajstić information content (AvgIpc) is 2.96. The summed E-state index contributed by atoms with van der Waals surface area (Å²) in [7, 11) is 0. The Kier molecular flexibility index (Phi) is 6.64. The van der Waals surface area contributed by atoms with Crippen LogP contribution >= 0.6 is 27.3 Å². The fraction of sp³-hybridized carbons (Fsp3) is 0.500. The van der Waals surface area contributed by atoms with Crippen molar-refractivity contribution in [2.24, 2.45) is 5.92 Å². The van der Waals surface area contributed by atoms with Gasteiger partial charge in [0.1, 0.15) is 0 Å². The first kappa shape index (κ1) is 17.2. The Labute approximate surface area is 143 Å². The molecule has 1 fully saturated rings. The summed E-state index contributed by atoms with van der Waals surface area (Å²) < 4.78 is 1.05. The van der Waals surface area contributed by atoms with Gasteiger partial charge in [-0.3, -0.25) is 9.59 Å². The van der Waals surface area contributed by atoms with E-state index < -0.39 is 0 Å². The molecule has 2 rings (SSSR count). The molecule has 120 valence electrons. The molecule has 0 aromatic carbocycles. The minimum atomic E-state index is 0.0249. The fourth-order valence-corrected chi connectivity index (χ4v) is 3.76. The average molecular weight is 385 g/mol. The molecule has 0 unspecified atom stereocenters. The van der Waals surface area contributed by atoms with Crippen LogP contribution in [0.1, 0.15) is 31.1 Å².